The third-order valence-electron chi connectivity index (χ3n) is 8.94. The van der Waals surface area contributed by atoms with Gasteiger partial charge < -0.3 is 14.5 Å². The van der Waals surface area contributed by atoms with Crippen LogP contribution in [0.5, 0.6) is 5.75 Å². The minimum Gasteiger partial charge on any atom is -0.494 e. The average Bonchev–Trinajstić information content (AvgIpc) is 3.43. The van der Waals surface area contributed by atoms with Gasteiger partial charge in [0.2, 0.25) is 17.8 Å². The Morgan fingerprint density at radius 3 is 2.49 bits per heavy atom. The van der Waals surface area contributed by atoms with Crippen LogP contribution in [0, 0.1) is 0 Å². The fourth-order valence-electron chi connectivity index (χ4n) is 6.44. The van der Waals surface area contributed by atoms with E-state index in [0.717, 1.165) is 93.3 Å². The van der Waals surface area contributed by atoms with Crippen LogP contribution in [0.1, 0.15) is 101 Å². The van der Waals surface area contributed by atoms with Gasteiger partial charge in [0.25, 0.3) is 0 Å². The zero-order valence-electron chi connectivity index (χ0n) is 26.7. The molecule has 244 valence electrons. The highest BCUT2D eigenvalue weighted by Gasteiger charge is 2.29. The summed E-state index contributed by atoms with van der Waals surface area (Å²) >= 11 is 0. The lowest BCUT2D eigenvalue weighted by Gasteiger charge is -2.34. The minimum absolute atomic E-state index is 0.0136. The predicted molar refractivity (Wildman–Crippen MR) is 175 cm³/mol. The van der Waals surface area contributed by atoms with E-state index in [1.165, 1.54) is 19.3 Å². The molecule has 45 heavy (non-hydrogen) atoms. The molecule has 5 rings (SSSR count). The maximum atomic E-state index is 13.3. The van der Waals surface area contributed by atoms with Gasteiger partial charge in [0, 0.05) is 31.1 Å². The van der Waals surface area contributed by atoms with Crippen LogP contribution in [0.4, 0.5) is 5.69 Å². The summed E-state index contributed by atoms with van der Waals surface area (Å²) in [7, 11) is 0. The molecule has 0 unspecified atom stereocenters. The zero-order chi connectivity index (χ0) is 31.1. The van der Waals surface area contributed by atoms with E-state index >= 15 is 0 Å². The molecule has 3 aliphatic rings. The molecule has 2 heterocycles. The van der Waals surface area contributed by atoms with E-state index in [9.17, 15) is 9.59 Å². The van der Waals surface area contributed by atoms with Crippen LogP contribution in [-0.4, -0.2) is 59.9 Å². The molecule has 2 fully saturated rings. The highest BCUT2D eigenvalue weighted by Crippen LogP contribution is 2.30. The Morgan fingerprint density at radius 2 is 1.64 bits per heavy atom. The SMILES string of the molecule is O=C1CN2Cc3cc(OCCCCCCC(=O)N(CCCCCCOOCc4ccccc4)C4CCCCC4)ccc3N=C2N1. The Hall–Kier alpha value is -3.43. The summed E-state index contributed by atoms with van der Waals surface area (Å²) in [5, 5.41) is 2.80. The van der Waals surface area contributed by atoms with Crippen molar-refractivity contribution in [1.29, 1.82) is 0 Å². The number of amides is 2. The van der Waals surface area contributed by atoms with Crippen LogP contribution in [0.15, 0.2) is 53.5 Å². The molecule has 2 amide bonds. The van der Waals surface area contributed by atoms with Gasteiger partial charge in [-0.3, -0.25) is 14.9 Å². The van der Waals surface area contributed by atoms with E-state index < -0.39 is 0 Å². The number of unbranched alkanes of at least 4 members (excludes halogenated alkanes) is 6. The van der Waals surface area contributed by atoms with E-state index in [4.69, 9.17) is 14.5 Å². The molecule has 0 aromatic heterocycles. The van der Waals surface area contributed by atoms with Gasteiger partial charge in [0.15, 0.2) is 0 Å². The number of nitrogens with one attached hydrogen (secondary N) is 1. The Balaban J connectivity index is 0.924. The van der Waals surface area contributed by atoms with Gasteiger partial charge >= 0.3 is 0 Å². The van der Waals surface area contributed by atoms with Crippen LogP contribution in [0.3, 0.4) is 0 Å². The summed E-state index contributed by atoms with van der Waals surface area (Å²) in [6, 6.07) is 16.4. The molecule has 9 nitrogen and oxygen atoms in total. The number of aliphatic imine (C=N–C) groups is 1. The van der Waals surface area contributed by atoms with Crippen molar-refractivity contribution in [2.75, 3.05) is 26.3 Å². The molecule has 0 radical (unpaired) electrons. The maximum absolute atomic E-state index is 13.3. The second-order valence-corrected chi connectivity index (χ2v) is 12.5. The quantitative estimate of drug-likeness (QED) is 0.106. The number of nitrogens with zero attached hydrogens (tertiary/aromatic N) is 3. The maximum Gasteiger partial charge on any atom is 0.246 e. The number of carbonyl (C=O) groups is 2. The average molecular weight is 619 g/mol. The monoisotopic (exact) mass is 618 g/mol. The van der Waals surface area contributed by atoms with Crippen molar-refractivity contribution < 1.29 is 24.1 Å². The Morgan fingerprint density at radius 1 is 0.867 bits per heavy atom. The van der Waals surface area contributed by atoms with Gasteiger partial charge in [0.05, 0.1) is 18.9 Å². The first-order chi connectivity index (χ1) is 22.2. The fraction of sp³-hybridized carbons (Fsp3) is 0.583. The Kier molecular flexibility index (Phi) is 13.1. The van der Waals surface area contributed by atoms with Crippen molar-refractivity contribution in [3.63, 3.8) is 0 Å². The molecule has 1 N–H and O–H groups in total. The normalized spacial score (nSPS) is 16.1. The third-order valence-corrected chi connectivity index (χ3v) is 8.94. The molecule has 0 bridgehead atoms. The number of fused-ring (bicyclic) bond motifs is 2. The van der Waals surface area contributed by atoms with Gasteiger partial charge in [-0.2, -0.15) is 0 Å². The standard InChI is InChI=1S/C36H50N4O5/c41-34-27-39-26-30-25-32(20-21-33(30)37-36(39)38-34)43-23-13-3-1-11-19-35(42)40(31-17-9-6-10-18-31)22-12-2-4-14-24-44-45-28-29-15-7-5-8-16-29/h5,7-8,15-16,20-21,25,31H,1-4,6,9-14,17-19,22-24,26-28H2,(H,37,38,41). The third kappa shape index (κ3) is 10.6. The highest BCUT2D eigenvalue weighted by atomic mass is 17.2. The van der Waals surface area contributed by atoms with Crippen molar-refractivity contribution in [1.82, 2.24) is 15.1 Å². The van der Waals surface area contributed by atoms with Crippen molar-refractivity contribution in [3.8, 4) is 5.75 Å². The van der Waals surface area contributed by atoms with Gasteiger partial charge in [-0.1, -0.05) is 75.3 Å². The van der Waals surface area contributed by atoms with Crippen molar-refractivity contribution in [2.24, 2.45) is 4.99 Å². The molecule has 2 aliphatic heterocycles. The first kappa shape index (κ1) is 32.9. The lowest BCUT2D eigenvalue weighted by molar-refractivity contribution is -0.304. The van der Waals surface area contributed by atoms with Crippen molar-refractivity contribution in [3.05, 3.63) is 59.7 Å². The summed E-state index contributed by atoms with van der Waals surface area (Å²) in [6.45, 7) is 3.63. The van der Waals surface area contributed by atoms with Crippen LogP contribution < -0.4 is 10.1 Å². The van der Waals surface area contributed by atoms with Gasteiger partial charge in [-0.15, -0.1) is 0 Å². The largest absolute Gasteiger partial charge is 0.494 e. The molecule has 9 heteroatoms. The highest BCUT2D eigenvalue weighted by molar-refractivity contribution is 6.05. The smallest absolute Gasteiger partial charge is 0.246 e. The Bertz CT molecular complexity index is 1250. The van der Waals surface area contributed by atoms with Gasteiger partial charge in [-0.25, -0.2) is 14.8 Å². The van der Waals surface area contributed by atoms with Crippen LogP contribution in [0.2, 0.25) is 0 Å². The summed E-state index contributed by atoms with van der Waals surface area (Å²) in [5.74, 6) is 1.81. The predicted octanol–water partition coefficient (Wildman–Crippen LogP) is 6.82. The lowest BCUT2D eigenvalue weighted by atomic mass is 9.93. The van der Waals surface area contributed by atoms with Crippen LogP contribution in [0.25, 0.3) is 0 Å². The Labute approximate surface area is 268 Å². The minimum atomic E-state index is -0.0136. The summed E-state index contributed by atoms with van der Waals surface area (Å²) in [6.07, 6.45) is 14.9. The molecule has 1 aliphatic carbocycles. The number of hydrogen-bond donors (Lipinski definition) is 1. The fourth-order valence-corrected chi connectivity index (χ4v) is 6.44. The summed E-state index contributed by atoms with van der Waals surface area (Å²) < 4.78 is 6.02. The van der Waals surface area contributed by atoms with E-state index in [1.807, 2.05) is 53.4 Å². The number of ether oxygens (including phenoxy) is 1. The van der Waals surface area contributed by atoms with E-state index in [0.29, 0.717) is 57.2 Å². The number of guanidine groups is 1. The first-order valence-electron chi connectivity index (χ1n) is 17.1. The summed E-state index contributed by atoms with van der Waals surface area (Å²) in [4.78, 5) is 44.4. The van der Waals surface area contributed by atoms with Crippen LogP contribution in [-0.2, 0) is 32.5 Å². The zero-order valence-corrected chi connectivity index (χ0v) is 26.7. The molecule has 2 aromatic rings. The number of hydrogen-bond acceptors (Lipinski definition) is 7. The van der Waals surface area contributed by atoms with E-state index in [-0.39, 0.29) is 5.91 Å². The molecular formula is C36H50N4O5. The van der Waals surface area contributed by atoms with E-state index in [1.54, 1.807) is 0 Å². The van der Waals surface area contributed by atoms with Crippen LogP contribution >= 0.6 is 0 Å². The van der Waals surface area contributed by atoms with Gasteiger partial charge in [-0.05, 0) is 62.3 Å². The molecule has 1 saturated heterocycles. The van der Waals surface area contributed by atoms with Crippen molar-refractivity contribution in [2.45, 2.75) is 109 Å². The van der Waals surface area contributed by atoms with Crippen molar-refractivity contribution >= 4 is 23.5 Å². The molecular weight excluding hydrogens is 568 g/mol. The number of benzene rings is 2. The summed E-state index contributed by atoms with van der Waals surface area (Å²) in [5.41, 5.74) is 3.07. The van der Waals surface area contributed by atoms with E-state index in [2.05, 4.69) is 15.2 Å². The molecule has 0 atom stereocenters. The lowest BCUT2D eigenvalue weighted by Crippen LogP contribution is -2.42. The molecule has 2 aromatic carbocycles. The molecule has 0 spiro atoms. The topological polar surface area (TPSA) is 92.7 Å². The number of rotatable bonds is 19. The second kappa shape index (κ2) is 17.9. The first-order valence-corrected chi connectivity index (χ1v) is 17.1. The number of carbonyl (C=O) groups excluding carboxylic acids is 2. The second-order valence-electron chi connectivity index (χ2n) is 12.5. The molecule has 1 saturated carbocycles. The van der Waals surface area contributed by atoms with Gasteiger partial charge in [0.1, 0.15) is 18.9 Å².